The Balaban J connectivity index is 2.22. The van der Waals surface area contributed by atoms with Crippen molar-refractivity contribution in [3.05, 3.63) is 46.0 Å². The molecule has 0 saturated carbocycles. The van der Waals surface area contributed by atoms with Gasteiger partial charge in [0.25, 0.3) is 5.56 Å². The monoisotopic (exact) mass is 401 g/mol. The Hall–Kier alpha value is -2.16. The highest BCUT2D eigenvalue weighted by Gasteiger charge is 2.29. The van der Waals surface area contributed by atoms with Crippen molar-refractivity contribution in [3.63, 3.8) is 0 Å². The Morgan fingerprint density at radius 3 is 2.46 bits per heavy atom. The van der Waals surface area contributed by atoms with Gasteiger partial charge in [0, 0.05) is 43.4 Å². The van der Waals surface area contributed by atoms with Crippen LogP contribution >= 0.6 is 0 Å². The van der Waals surface area contributed by atoms with Gasteiger partial charge in [-0.1, -0.05) is 6.07 Å². The van der Waals surface area contributed by atoms with E-state index < -0.39 is 16.1 Å². The van der Waals surface area contributed by atoms with Crippen molar-refractivity contribution >= 4 is 22.3 Å². The maximum Gasteiger partial charge on any atom is 0.261 e. The average molecular weight is 402 g/mol. The molecule has 8 heteroatoms. The summed E-state index contributed by atoms with van der Waals surface area (Å²) in [5, 5.41) is 0.547. The lowest BCUT2D eigenvalue weighted by molar-refractivity contribution is 0.531. The van der Waals surface area contributed by atoms with Gasteiger partial charge in [-0.05, 0) is 46.2 Å². The van der Waals surface area contributed by atoms with Crippen LogP contribution < -0.4 is 10.3 Å². The lowest BCUT2D eigenvalue weighted by atomic mass is 10.0. The van der Waals surface area contributed by atoms with E-state index in [1.165, 1.54) is 4.57 Å². The smallest absolute Gasteiger partial charge is 0.261 e. The lowest BCUT2D eigenvalue weighted by Crippen LogP contribution is -2.40. The molecular formula is C20H27N5O2S. The first kappa shape index (κ1) is 20.6. The predicted molar refractivity (Wildman–Crippen MR) is 113 cm³/mol. The van der Waals surface area contributed by atoms with Gasteiger partial charge in [0.2, 0.25) is 0 Å². The number of rotatable bonds is 4. The second kappa shape index (κ2) is 7.35. The van der Waals surface area contributed by atoms with E-state index in [9.17, 15) is 9.35 Å². The SMILES string of the molecule is Cc1cc([C@@H](C)N[S@+]([O-])C(C)(C)C)c2nc(-c3nccn3C)n(C)c(=O)c2c1. The van der Waals surface area contributed by atoms with Gasteiger partial charge in [0.15, 0.2) is 11.6 Å². The molecule has 0 amide bonds. The molecule has 1 aromatic carbocycles. The van der Waals surface area contributed by atoms with E-state index in [1.807, 2.05) is 64.6 Å². The van der Waals surface area contributed by atoms with Crippen molar-refractivity contribution < 1.29 is 4.55 Å². The minimum absolute atomic E-state index is 0.128. The maximum absolute atomic E-state index is 13.1. The number of benzene rings is 1. The zero-order valence-electron chi connectivity index (χ0n) is 17.4. The maximum atomic E-state index is 13.1. The van der Waals surface area contributed by atoms with E-state index >= 15 is 0 Å². The molecule has 0 unspecified atom stereocenters. The van der Waals surface area contributed by atoms with Gasteiger partial charge < -0.3 is 9.12 Å². The van der Waals surface area contributed by atoms with Gasteiger partial charge in [0.1, 0.15) is 4.75 Å². The first-order valence-electron chi connectivity index (χ1n) is 9.17. The lowest BCUT2D eigenvalue weighted by Gasteiger charge is -2.27. The van der Waals surface area contributed by atoms with Crippen molar-refractivity contribution in [1.29, 1.82) is 0 Å². The highest BCUT2D eigenvalue weighted by molar-refractivity contribution is 7.90. The number of nitrogens with one attached hydrogen (secondary N) is 1. The fraction of sp³-hybridized carbons (Fsp3) is 0.450. The number of hydrogen-bond donors (Lipinski definition) is 1. The summed E-state index contributed by atoms with van der Waals surface area (Å²) in [6, 6.07) is 3.61. The van der Waals surface area contributed by atoms with E-state index in [4.69, 9.17) is 4.98 Å². The minimum atomic E-state index is -1.24. The van der Waals surface area contributed by atoms with Crippen molar-refractivity contribution in [2.24, 2.45) is 14.1 Å². The molecule has 1 N–H and O–H groups in total. The second-order valence-corrected chi connectivity index (χ2v) is 10.1. The van der Waals surface area contributed by atoms with E-state index in [1.54, 1.807) is 13.2 Å². The van der Waals surface area contributed by atoms with Crippen LogP contribution in [0.15, 0.2) is 29.3 Å². The molecule has 28 heavy (non-hydrogen) atoms. The molecule has 0 fully saturated rings. The number of aromatic nitrogens is 4. The molecule has 3 rings (SSSR count). The van der Waals surface area contributed by atoms with Crippen molar-refractivity contribution in [2.75, 3.05) is 0 Å². The topological polar surface area (TPSA) is 87.8 Å². The molecule has 7 nitrogen and oxygen atoms in total. The quantitative estimate of drug-likeness (QED) is 0.679. The summed E-state index contributed by atoms with van der Waals surface area (Å²) in [5.74, 6) is 1.12. The average Bonchev–Trinajstić information content (AvgIpc) is 3.02. The van der Waals surface area contributed by atoms with E-state index in [0.717, 1.165) is 11.1 Å². The second-order valence-electron chi connectivity index (χ2n) is 8.13. The number of hydrogen-bond acceptors (Lipinski definition) is 5. The Morgan fingerprint density at radius 2 is 1.89 bits per heavy atom. The van der Waals surface area contributed by atoms with Crippen LogP contribution in [0.2, 0.25) is 0 Å². The zero-order valence-corrected chi connectivity index (χ0v) is 18.2. The zero-order chi connectivity index (χ0) is 20.8. The van der Waals surface area contributed by atoms with Gasteiger partial charge in [-0.2, -0.15) is 0 Å². The van der Waals surface area contributed by atoms with E-state index in [0.29, 0.717) is 22.6 Å². The van der Waals surface area contributed by atoms with Crippen molar-refractivity contribution in [2.45, 2.75) is 45.4 Å². The Labute approximate surface area is 168 Å². The largest absolute Gasteiger partial charge is 0.598 e. The molecule has 0 radical (unpaired) electrons. The summed E-state index contributed by atoms with van der Waals surface area (Å²) >= 11 is -1.24. The summed E-state index contributed by atoms with van der Waals surface area (Å²) < 4.78 is 18.7. The third-order valence-electron chi connectivity index (χ3n) is 4.68. The highest BCUT2D eigenvalue weighted by atomic mass is 32.2. The molecule has 2 atom stereocenters. The molecule has 2 heterocycles. The number of nitrogens with zero attached hydrogens (tertiary/aromatic N) is 4. The normalized spacial score (nSPS) is 14.4. The molecule has 0 bridgehead atoms. The van der Waals surface area contributed by atoms with Crippen molar-refractivity contribution in [3.8, 4) is 11.6 Å². The van der Waals surface area contributed by atoms with Gasteiger partial charge >= 0.3 is 0 Å². The van der Waals surface area contributed by atoms with Crippen LogP contribution in [0.25, 0.3) is 22.6 Å². The third kappa shape index (κ3) is 3.72. The fourth-order valence-corrected chi connectivity index (χ4v) is 3.87. The first-order chi connectivity index (χ1) is 13.0. The summed E-state index contributed by atoms with van der Waals surface area (Å²) in [7, 11) is 3.57. The van der Waals surface area contributed by atoms with Crippen LogP contribution in [0.4, 0.5) is 0 Å². The summed E-state index contributed by atoms with van der Waals surface area (Å²) in [6.07, 6.45) is 3.50. The van der Waals surface area contributed by atoms with E-state index in [-0.39, 0.29) is 11.6 Å². The van der Waals surface area contributed by atoms with Crippen LogP contribution in [-0.2, 0) is 25.5 Å². The molecule has 0 spiro atoms. The van der Waals surface area contributed by atoms with Gasteiger partial charge in [-0.25, -0.2) is 9.97 Å². The van der Waals surface area contributed by atoms with Crippen LogP contribution in [0.1, 0.15) is 44.9 Å². The van der Waals surface area contributed by atoms with Crippen LogP contribution in [0, 0.1) is 6.92 Å². The Kier molecular flexibility index (Phi) is 5.40. The third-order valence-corrected chi connectivity index (χ3v) is 6.36. The van der Waals surface area contributed by atoms with Crippen LogP contribution in [-0.4, -0.2) is 28.4 Å². The molecule has 2 aromatic heterocycles. The van der Waals surface area contributed by atoms with Crippen LogP contribution in [0.3, 0.4) is 0 Å². The summed E-state index contributed by atoms with van der Waals surface area (Å²) in [6.45, 7) is 9.65. The molecule has 3 aromatic rings. The highest BCUT2D eigenvalue weighted by Crippen LogP contribution is 2.27. The molecule has 150 valence electrons. The van der Waals surface area contributed by atoms with Gasteiger partial charge in [-0.3, -0.25) is 9.36 Å². The summed E-state index contributed by atoms with van der Waals surface area (Å²) in [5.41, 5.74) is 2.29. The first-order valence-corrected chi connectivity index (χ1v) is 10.3. The van der Waals surface area contributed by atoms with Crippen LogP contribution in [0.5, 0.6) is 0 Å². The van der Waals surface area contributed by atoms with Gasteiger partial charge in [0.05, 0.1) is 16.9 Å². The van der Waals surface area contributed by atoms with Crippen molar-refractivity contribution in [1.82, 2.24) is 23.8 Å². The molecular weight excluding hydrogens is 374 g/mol. The molecule has 0 saturated heterocycles. The molecule has 0 aliphatic rings. The predicted octanol–water partition coefficient (Wildman–Crippen LogP) is 2.76. The summed E-state index contributed by atoms with van der Waals surface area (Å²) in [4.78, 5) is 22.2. The van der Waals surface area contributed by atoms with Gasteiger partial charge in [-0.15, -0.1) is 4.72 Å². The number of aryl methyl sites for hydroxylation is 2. The Morgan fingerprint density at radius 1 is 1.21 bits per heavy atom. The molecule has 0 aliphatic heterocycles. The Bertz CT molecular complexity index is 1080. The van der Waals surface area contributed by atoms with E-state index in [2.05, 4.69) is 9.71 Å². The number of fused-ring (bicyclic) bond motifs is 1. The minimum Gasteiger partial charge on any atom is -0.598 e. The standard InChI is InChI=1S/C20H27N5O2S/c1-12-10-14(13(2)23-28(27)20(3,4)5)16-15(11-12)19(26)25(7)18(22-16)17-21-8-9-24(17)6/h8-11,13,23H,1-7H3/t13-,28-/m1/s1. The molecule has 0 aliphatic carbocycles. The fourth-order valence-electron chi connectivity index (χ4n) is 3.06. The number of imidazole rings is 1.